The number of ether oxygens (including phenoxy) is 1. The Morgan fingerprint density at radius 1 is 1.04 bits per heavy atom. The van der Waals surface area contributed by atoms with Crippen molar-refractivity contribution in [3.63, 3.8) is 0 Å². The molecule has 154 valence electrons. The fourth-order valence-electron chi connectivity index (χ4n) is 4.55. The standard InChI is InChI=1S/C24H40O3/c1-2-3-4-5-6-7-15-21(25)16-10-8-13-20-14-9-11-17-22(20)23-18-12-19-24(26)27-23/h8,10,13,16,20-23,25H,2-7,9,11-12,14-15,17-19H2,1H3/b13-8+,16-10+/t20-,21?,22-,23?/m1/s1. The van der Waals surface area contributed by atoms with E-state index in [1.54, 1.807) is 0 Å². The van der Waals surface area contributed by atoms with Gasteiger partial charge in [0.15, 0.2) is 0 Å². The molecule has 1 aliphatic carbocycles. The van der Waals surface area contributed by atoms with Crippen LogP contribution in [0.25, 0.3) is 0 Å². The minimum atomic E-state index is -0.331. The van der Waals surface area contributed by atoms with Crippen LogP contribution in [0.15, 0.2) is 24.3 Å². The van der Waals surface area contributed by atoms with Crippen LogP contribution < -0.4 is 0 Å². The summed E-state index contributed by atoms with van der Waals surface area (Å²) in [7, 11) is 0. The predicted octanol–water partition coefficient (Wildman–Crippen LogP) is 6.11. The summed E-state index contributed by atoms with van der Waals surface area (Å²) in [5.41, 5.74) is 0. The number of rotatable bonds is 11. The van der Waals surface area contributed by atoms with Gasteiger partial charge in [-0.25, -0.2) is 0 Å². The van der Waals surface area contributed by atoms with Gasteiger partial charge in [-0.1, -0.05) is 82.6 Å². The van der Waals surface area contributed by atoms with Gasteiger partial charge < -0.3 is 9.84 Å². The molecule has 0 aromatic heterocycles. The molecule has 2 rings (SSSR count). The van der Waals surface area contributed by atoms with Gasteiger partial charge in [-0.05, 0) is 38.0 Å². The zero-order valence-corrected chi connectivity index (χ0v) is 17.3. The van der Waals surface area contributed by atoms with E-state index < -0.39 is 0 Å². The van der Waals surface area contributed by atoms with Gasteiger partial charge in [0.25, 0.3) is 0 Å². The van der Waals surface area contributed by atoms with E-state index in [2.05, 4.69) is 19.1 Å². The van der Waals surface area contributed by atoms with Crippen LogP contribution in [-0.2, 0) is 9.53 Å². The number of unbranched alkanes of at least 4 members (excludes halogenated alkanes) is 5. The molecule has 0 bridgehead atoms. The molecule has 1 saturated carbocycles. The highest BCUT2D eigenvalue weighted by Gasteiger charge is 2.34. The number of aliphatic hydroxyl groups excluding tert-OH is 1. The van der Waals surface area contributed by atoms with Crippen molar-refractivity contribution in [2.24, 2.45) is 11.8 Å². The predicted molar refractivity (Wildman–Crippen MR) is 111 cm³/mol. The summed E-state index contributed by atoms with van der Waals surface area (Å²) in [6, 6.07) is 0. The molecule has 0 spiro atoms. The summed E-state index contributed by atoms with van der Waals surface area (Å²) in [4.78, 5) is 11.6. The molecule has 2 aliphatic rings. The molecule has 3 heteroatoms. The van der Waals surface area contributed by atoms with Crippen molar-refractivity contribution in [1.29, 1.82) is 0 Å². The third-order valence-corrected chi connectivity index (χ3v) is 6.16. The molecule has 0 radical (unpaired) electrons. The van der Waals surface area contributed by atoms with Crippen molar-refractivity contribution < 1.29 is 14.6 Å². The van der Waals surface area contributed by atoms with Gasteiger partial charge in [-0.2, -0.15) is 0 Å². The van der Waals surface area contributed by atoms with Crippen LogP contribution in [0, 0.1) is 11.8 Å². The van der Waals surface area contributed by atoms with Crippen molar-refractivity contribution in [2.45, 2.75) is 109 Å². The zero-order valence-electron chi connectivity index (χ0n) is 17.3. The maximum absolute atomic E-state index is 11.6. The lowest BCUT2D eigenvalue weighted by atomic mass is 9.74. The second-order valence-corrected chi connectivity index (χ2v) is 8.43. The van der Waals surface area contributed by atoms with Gasteiger partial charge in [0.2, 0.25) is 0 Å². The Kier molecular flexibility index (Phi) is 10.8. The summed E-state index contributed by atoms with van der Waals surface area (Å²) >= 11 is 0. The molecule has 2 unspecified atom stereocenters. The van der Waals surface area contributed by atoms with Gasteiger partial charge in [-0.3, -0.25) is 4.79 Å². The number of allylic oxidation sites excluding steroid dienone is 3. The quantitative estimate of drug-likeness (QED) is 0.269. The Bertz CT molecular complexity index is 468. The molecule has 27 heavy (non-hydrogen) atoms. The summed E-state index contributed by atoms with van der Waals surface area (Å²) < 4.78 is 5.65. The monoisotopic (exact) mass is 376 g/mol. The molecule has 4 atom stereocenters. The molecular formula is C24H40O3. The number of hydrogen-bond donors (Lipinski definition) is 1. The fourth-order valence-corrected chi connectivity index (χ4v) is 4.55. The van der Waals surface area contributed by atoms with Gasteiger partial charge in [0.1, 0.15) is 6.10 Å². The molecule has 2 fully saturated rings. The van der Waals surface area contributed by atoms with Crippen LogP contribution in [0.1, 0.15) is 96.8 Å². The van der Waals surface area contributed by atoms with Crippen LogP contribution in [-0.4, -0.2) is 23.3 Å². The van der Waals surface area contributed by atoms with E-state index in [1.807, 2.05) is 12.2 Å². The number of esters is 1. The van der Waals surface area contributed by atoms with Gasteiger partial charge in [-0.15, -0.1) is 0 Å². The highest BCUT2D eigenvalue weighted by molar-refractivity contribution is 5.70. The molecule has 0 aromatic rings. The molecule has 1 N–H and O–H groups in total. The first-order valence-electron chi connectivity index (χ1n) is 11.4. The summed E-state index contributed by atoms with van der Waals surface area (Å²) in [6.45, 7) is 2.24. The normalized spacial score (nSPS) is 27.9. The Balaban J connectivity index is 1.70. The number of carbonyl (C=O) groups excluding carboxylic acids is 1. The molecule has 0 aromatic carbocycles. The Hall–Kier alpha value is -1.09. The first kappa shape index (κ1) is 22.2. The van der Waals surface area contributed by atoms with Gasteiger partial charge in [0.05, 0.1) is 6.10 Å². The number of cyclic esters (lactones) is 1. The molecule has 1 saturated heterocycles. The van der Waals surface area contributed by atoms with Crippen LogP contribution in [0.4, 0.5) is 0 Å². The smallest absolute Gasteiger partial charge is 0.306 e. The topological polar surface area (TPSA) is 46.5 Å². The van der Waals surface area contributed by atoms with Crippen LogP contribution >= 0.6 is 0 Å². The van der Waals surface area contributed by atoms with E-state index in [0.29, 0.717) is 18.3 Å². The molecule has 3 nitrogen and oxygen atoms in total. The van der Waals surface area contributed by atoms with E-state index in [0.717, 1.165) is 32.1 Å². The van der Waals surface area contributed by atoms with E-state index in [-0.39, 0.29) is 18.2 Å². The lowest BCUT2D eigenvalue weighted by Gasteiger charge is -2.37. The Morgan fingerprint density at radius 3 is 2.63 bits per heavy atom. The second-order valence-electron chi connectivity index (χ2n) is 8.43. The highest BCUT2D eigenvalue weighted by Crippen LogP contribution is 2.37. The van der Waals surface area contributed by atoms with Crippen molar-refractivity contribution in [1.82, 2.24) is 0 Å². The maximum Gasteiger partial charge on any atom is 0.306 e. The number of carbonyl (C=O) groups is 1. The number of hydrogen-bond acceptors (Lipinski definition) is 3. The highest BCUT2D eigenvalue weighted by atomic mass is 16.5. The van der Waals surface area contributed by atoms with Crippen molar-refractivity contribution >= 4 is 5.97 Å². The van der Waals surface area contributed by atoms with Crippen molar-refractivity contribution in [3.8, 4) is 0 Å². The average molecular weight is 377 g/mol. The van der Waals surface area contributed by atoms with Crippen LogP contribution in [0.3, 0.4) is 0 Å². The zero-order chi connectivity index (χ0) is 19.3. The summed E-state index contributed by atoms with van der Waals surface area (Å²) in [6.07, 6.45) is 23.9. The number of aliphatic hydroxyl groups is 1. The van der Waals surface area contributed by atoms with E-state index in [9.17, 15) is 9.90 Å². The van der Waals surface area contributed by atoms with Crippen LogP contribution in [0.5, 0.6) is 0 Å². The van der Waals surface area contributed by atoms with E-state index >= 15 is 0 Å². The largest absolute Gasteiger partial charge is 0.462 e. The van der Waals surface area contributed by atoms with Gasteiger partial charge >= 0.3 is 5.97 Å². The minimum absolute atomic E-state index is 0.0164. The molecule has 1 aliphatic heterocycles. The molecule has 1 heterocycles. The van der Waals surface area contributed by atoms with Gasteiger partial charge in [0, 0.05) is 12.3 Å². The lowest BCUT2D eigenvalue weighted by molar-refractivity contribution is -0.158. The Labute approximate surface area is 166 Å². The molecular weight excluding hydrogens is 336 g/mol. The summed E-state index contributed by atoms with van der Waals surface area (Å²) in [5, 5.41) is 10.1. The second kappa shape index (κ2) is 13.1. The third kappa shape index (κ3) is 8.64. The lowest BCUT2D eigenvalue weighted by Crippen LogP contribution is -2.36. The Morgan fingerprint density at radius 2 is 1.81 bits per heavy atom. The minimum Gasteiger partial charge on any atom is -0.462 e. The summed E-state index contributed by atoms with van der Waals surface area (Å²) in [5.74, 6) is 0.952. The fraction of sp³-hybridized carbons (Fsp3) is 0.792. The van der Waals surface area contributed by atoms with Crippen LogP contribution in [0.2, 0.25) is 0 Å². The average Bonchev–Trinajstić information content (AvgIpc) is 2.68. The SMILES string of the molecule is CCCCCCCCC(O)/C=C/C=C/[C@@H]1CCCC[C@H]1C1CCCC(=O)O1. The first-order chi connectivity index (χ1) is 13.2. The first-order valence-corrected chi connectivity index (χ1v) is 11.4. The maximum atomic E-state index is 11.6. The van der Waals surface area contributed by atoms with Crippen molar-refractivity contribution in [3.05, 3.63) is 24.3 Å². The van der Waals surface area contributed by atoms with E-state index in [1.165, 1.54) is 51.4 Å². The van der Waals surface area contributed by atoms with E-state index in [4.69, 9.17) is 4.74 Å². The third-order valence-electron chi connectivity index (χ3n) is 6.16. The molecule has 0 amide bonds. The van der Waals surface area contributed by atoms with Crippen molar-refractivity contribution in [2.75, 3.05) is 0 Å².